The quantitative estimate of drug-likeness (QED) is 0.754. The minimum absolute atomic E-state index is 0.205. The first-order valence-corrected chi connectivity index (χ1v) is 7.05. The van der Waals surface area contributed by atoms with Crippen molar-refractivity contribution >= 4 is 0 Å². The van der Waals surface area contributed by atoms with Crippen LogP contribution in [0.3, 0.4) is 0 Å². The Hall–Kier alpha value is -1.28. The molecule has 2 nitrogen and oxygen atoms in total. The van der Waals surface area contributed by atoms with Gasteiger partial charge >= 0.3 is 0 Å². The van der Waals surface area contributed by atoms with Gasteiger partial charge in [-0.3, -0.25) is 0 Å². The molecular formula is C17H22O2. The van der Waals surface area contributed by atoms with Gasteiger partial charge in [0.25, 0.3) is 0 Å². The fraction of sp³-hybridized carbons (Fsp3) is 0.529. The van der Waals surface area contributed by atoms with E-state index < -0.39 is 0 Å². The Kier molecular flexibility index (Phi) is 3.14. The van der Waals surface area contributed by atoms with E-state index in [1.54, 1.807) is 7.11 Å². The first-order valence-electron chi connectivity index (χ1n) is 7.05. The van der Waals surface area contributed by atoms with Crippen LogP contribution < -0.4 is 4.74 Å². The first kappa shape index (κ1) is 12.7. The summed E-state index contributed by atoms with van der Waals surface area (Å²) in [6.45, 7) is 6.36. The summed E-state index contributed by atoms with van der Waals surface area (Å²) in [5.74, 6) is 2.62. The van der Waals surface area contributed by atoms with Crippen molar-refractivity contribution in [2.45, 2.75) is 19.8 Å². The number of benzene rings is 1. The molecule has 102 valence electrons. The van der Waals surface area contributed by atoms with Gasteiger partial charge in [-0.05, 0) is 29.5 Å². The second-order valence-electron chi connectivity index (χ2n) is 6.14. The maximum atomic E-state index is 5.76. The van der Waals surface area contributed by atoms with E-state index >= 15 is 0 Å². The van der Waals surface area contributed by atoms with Crippen LogP contribution >= 0.6 is 0 Å². The number of allylic oxidation sites excluding steroid dienone is 1. The SMILES string of the molecule is COc1ccc([C@H]2[C@H](C)C=C[C@]3(C)COC[C@H]23)cc1. The number of fused-ring (bicyclic) bond motifs is 1. The fourth-order valence-corrected chi connectivity index (χ4v) is 3.61. The van der Waals surface area contributed by atoms with Crippen molar-refractivity contribution in [1.82, 2.24) is 0 Å². The molecule has 0 bridgehead atoms. The highest BCUT2D eigenvalue weighted by Gasteiger charge is 2.46. The van der Waals surface area contributed by atoms with Crippen LogP contribution in [0.5, 0.6) is 5.75 Å². The summed E-state index contributed by atoms with van der Waals surface area (Å²) in [7, 11) is 1.71. The Balaban J connectivity index is 1.95. The third-order valence-corrected chi connectivity index (χ3v) is 4.84. The van der Waals surface area contributed by atoms with Crippen LogP contribution in [0.15, 0.2) is 36.4 Å². The van der Waals surface area contributed by atoms with E-state index in [0.717, 1.165) is 19.0 Å². The number of methoxy groups -OCH3 is 1. The molecule has 0 aromatic heterocycles. The fourth-order valence-electron chi connectivity index (χ4n) is 3.61. The molecule has 1 aliphatic heterocycles. The van der Waals surface area contributed by atoms with Gasteiger partial charge in [0, 0.05) is 11.3 Å². The second kappa shape index (κ2) is 4.68. The average Bonchev–Trinajstić information content (AvgIpc) is 2.81. The number of hydrogen-bond acceptors (Lipinski definition) is 2. The maximum Gasteiger partial charge on any atom is 0.118 e. The van der Waals surface area contributed by atoms with Gasteiger partial charge in [-0.2, -0.15) is 0 Å². The van der Waals surface area contributed by atoms with Gasteiger partial charge in [0.15, 0.2) is 0 Å². The van der Waals surface area contributed by atoms with Crippen LogP contribution in [0.2, 0.25) is 0 Å². The van der Waals surface area contributed by atoms with Crippen molar-refractivity contribution < 1.29 is 9.47 Å². The van der Waals surface area contributed by atoms with Crippen molar-refractivity contribution in [1.29, 1.82) is 0 Å². The Morgan fingerprint density at radius 3 is 2.68 bits per heavy atom. The molecule has 2 heteroatoms. The van der Waals surface area contributed by atoms with Crippen LogP contribution in [0.4, 0.5) is 0 Å². The third kappa shape index (κ3) is 2.08. The largest absolute Gasteiger partial charge is 0.497 e. The van der Waals surface area contributed by atoms with Crippen LogP contribution in [-0.4, -0.2) is 20.3 Å². The molecule has 1 aromatic rings. The number of hydrogen-bond donors (Lipinski definition) is 0. The summed E-state index contributed by atoms with van der Waals surface area (Å²) in [4.78, 5) is 0. The molecule has 0 unspecified atom stereocenters. The smallest absolute Gasteiger partial charge is 0.118 e. The minimum Gasteiger partial charge on any atom is -0.497 e. The first-order chi connectivity index (χ1) is 9.14. The van der Waals surface area contributed by atoms with E-state index in [2.05, 4.69) is 50.3 Å². The van der Waals surface area contributed by atoms with Gasteiger partial charge in [-0.25, -0.2) is 0 Å². The molecule has 0 saturated carbocycles. The number of rotatable bonds is 2. The Labute approximate surface area is 115 Å². The maximum absolute atomic E-state index is 5.76. The zero-order valence-electron chi connectivity index (χ0n) is 11.9. The highest BCUT2D eigenvalue weighted by Crippen LogP contribution is 2.50. The lowest BCUT2D eigenvalue weighted by atomic mass is 9.63. The molecule has 19 heavy (non-hydrogen) atoms. The van der Waals surface area contributed by atoms with Gasteiger partial charge in [-0.15, -0.1) is 0 Å². The van der Waals surface area contributed by atoms with E-state index in [-0.39, 0.29) is 5.41 Å². The highest BCUT2D eigenvalue weighted by molar-refractivity contribution is 5.33. The van der Waals surface area contributed by atoms with Crippen molar-refractivity contribution in [3.8, 4) is 5.75 Å². The van der Waals surface area contributed by atoms with E-state index in [4.69, 9.17) is 9.47 Å². The van der Waals surface area contributed by atoms with Crippen LogP contribution in [0.25, 0.3) is 0 Å². The summed E-state index contributed by atoms with van der Waals surface area (Å²) < 4.78 is 11.0. The molecule has 1 heterocycles. The summed E-state index contributed by atoms with van der Waals surface area (Å²) >= 11 is 0. The Morgan fingerprint density at radius 1 is 1.26 bits per heavy atom. The normalized spacial score (nSPS) is 37.1. The molecule has 0 radical (unpaired) electrons. The van der Waals surface area contributed by atoms with Crippen molar-refractivity contribution in [3.63, 3.8) is 0 Å². The molecule has 1 aromatic carbocycles. The molecule has 0 N–H and O–H groups in total. The third-order valence-electron chi connectivity index (χ3n) is 4.84. The van der Waals surface area contributed by atoms with E-state index in [0.29, 0.717) is 17.8 Å². The predicted molar refractivity (Wildman–Crippen MR) is 76.5 cm³/mol. The summed E-state index contributed by atoms with van der Waals surface area (Å²) in [5.41, 5.74) is 1.61. The highest BCUT2D eigenvalue weighted by atomic mass is 16.5. The number of ether oxygens (including phenoxy) is 2. The van der Waals surface area contributed by atoms with Gasteiger partial charge < -0.3 is 9.47 Å². The van der Waals surface area contributed by atoms with Gasteiger partial charge in [0.2, 0.25) is 0 Å². The van der Waals surface area contributed by atoms with Gasteiger partial charge in [0.05, 0.1) is 20.3 Å². The lowest BCUT2D eigenvalue weighted by Gasteiger charge is -2.40. The molecule has 3 rings (SSSR count). The monoisotopic (exact) mass is 258 g/mol. The molecule has 0 amide bonds. The summed E-state index contributed by atoms with van der Waals surface area (Å²) in [6, 6.07) is 8.54. The van der Waals surface area contributed by atoms with Crippen molar-refractivity contribution in [2.75, 3.05) is 20.3 Å². The summed E-state index contributed by atoms with van der Waals surface area (Å²) in [5, 5.41) is 0. The summed E-state index contributed by atoms with van der Waals surface area (Å²) in [6.07, 6.45) is 4.73. The Bertz CT molecular complexity index is 477. The van der Waals surface area contributed by atoms with Gasteiger partial charge in [-0.1, -0.05) is 38.1 Å². The molecule has 0 spiro atoms. The zero-order valence-corrected chi connectivity index (χ0v) is 11.9. The molecule has 1 aliphatic carbocycles. The molecule has 1 fully saturated rings. The standard InChI is InChI=1S/C17H22O2/c1-12-8-9-17(2)11-19-10-15(17)16(12)13-4-6-14(18-3)7-5-13/h4-9,12,15-16H,10-11H2,1-3H3/t12-,15-,16-,17-/m1/s1. The molecular weight excluding hydrogens is 236 g/mol. The second-order valence-corrected chi connectivity index (χ2v) is 6.14. The Morgan fingerprint density at radius 2 is 2.00 bits per heavy atom. The molecule has 1 saturated heterocycles. The van der Waals surface area contributed by atoms with Crippen molar-refractivity contribution in [3.05, 3.63) is 42.0 Å². The lowest BCUT2D eigenvalue weighted by molar-refractivity contribution is 0.172. The lowest BCUT2D eigenvalue weighted by Crippen LogP contribution is -2.35. The molecule has 4 atom stereocenters. The van der Waals surface area contributed by atoms with Gasteiger partial charge in [0.1, 0.15) is 5.75 Å². The van der Waals surface area contributed by atoms with Crippen LogP contribution in [0.1, 0.15) is 25.3 Å². The van der Waals surface area contributed by atoms with Crippen LogP contribution in [0, 0.1) is 17.3 Å². The van der Waals surface area contributed by atoms with E-state index in [1.807, 2.05) is 0 Å². The molecule has 2 aliphatic rings. The van der Waals surface area contributed by atoms with E-state index in [1.165, 1.54) is 5.56 Å². The average molecular weight is 258 g/mol. The van der Waals surface area contributed by atoms with Crippen molar-refractivity contribution in [2.24, 2.45) is 17.3 Å². The van der Waals surface area contributed by atoms with Crippen LogP contribution in [-0.2, 0) is 4.74 Å². The topological polar surface area (TPSA) is 18.5 Å². The van der Waals surface area contributed by atoms with E-state index in [9.17, 15) is 0 Å². The zero-order chi connectivity index (χ0) is 13.5. The minimum atomic E-state index is 0.205. The predicted octanol–water partition coefficient (Wildman–Crippen LogP) is 3.64.